The number of aromatic nitrogens is 1. The van der Waals surface area contributed by atoms with Gasteiger partial charge in [-0.15, -0.1) is 0 Å². The molecule has 0 spiro atoms. The van der Waals surface area contributed by atoms with Gasteiger partial charge >= 0.3 is 15.6 Å². The van der Waals surface area contributed by atoms with Crippen LogP contribution in [0.15, 0.2) is 30.6 Å². The maximum Gasteiger partial charge on any atom is 0.534 e. The standard InChI is InChI=1S/C11H8F3NO3S/c1-7-9-4-5-15-6-8(9)2-3-10(7)18-19(16,17)11(12,13)14/h2-6H,1H3. The highest BCUT2D eigenvalue weighted by Crippen LogP contribution is 2.31. The van der Waals surface area contributed by atoms with Crippen LogP contribution in [-0.4, -0.2) is 18.9 Å². The lowest BCUT2D eigenvalue weighted by molar-refractivity contribution is -0.0500. The molecule has 2 aromatic rings. The summed E-state index contributed by atoms with van der Waals surface area (Å²) in [4.78, 5) is 3.86. The monoisotopic (exact) mass is 291 g/mol. The maximum atomic E-state index is 12.2. The fourth-order valence-electron chi connectivity index (χ4n) is 1.56. The second-order valence-electron chi connectivity index (χ2n) is 3.77. The lowest BCUT2D eigenvalue weighted by Crippen LogP contribution is -2.28. The van der Waals surface area contributed by atoms with Crippen molar-refractivity contribution in [3.8, 4) is 5.75 Å². The Hall–Kier alpha value is -1.83. The molecule has 0 bridgehead atoms. The van der Waals surface area contributed by atoms with E-state index < -0.39 is 15.6 Å². The van der Waals surface area contributed by atoms with E-state index >= 15 is 0 Å². The molecule has 0 atom stereocenters. The SMILES string of the molecule is Cc1c(OS(=O)(=O)C(F)(F)F)ccc2cnccc12. The van der Waals surface area contributed by atoms with Gasteiger partial charge in [0.05, 0.1) is 0 Å². The summed E-state index contributed by atoms with van der Waals surface area (Å²) < 4.78 is 62.8. The molecule has 0 radical (unpaired) electrons. The van der Waals surface area contributed by atoms with E-state index in [0.717, 1.165) is 0 Å². The van der Waals surface area contributed by atoms with Crippen LogP contribution in [0.3, 0.4) is 0 Å². The minimum absolute atomic E-state index is 0.299. The van der Waals surface area contributed by atoms with E-state index in [4.69, 9.17) is 0 Å². The van der Waals surface area contributed by atoms with Gasteiger partial charge in [0.2, 0.25) is 0 Å². The molecule has 0 N–H and O–H groups in total. The smallest absolute Gasteiger partial charge is 0.376 e. The van der Waals surface area contributed by atoms with Crippen molar-refractivity contribution in [3.63, 3.8) is 0 Å². The molecule has 0 amide bonds. The Bertz CT molecular complexity index is 726. The predicted molar refractivity (Wildman–Crippen MR) is 62.1 cm³/mol. The van der Waals surface area contributed by atoms with Crippen LogP contribution in [0.4, 0.5) is 13.2 Å². The van der Waals surface area contributed by atoms with Crippen molar-refractivity contribution in [1.82, 2.24) is 4.98 Å². The van der Waals surface area contributed by atoms with Crippen LogP contribution < -0.4 is 4.18 Å². The van der Waals surface area contributed by atoms with E-state index in [-0.39, 0.29) is 5.75 Å². The van der Waals surface area contributed by atoms with Crippen molar-refractivity contribution in [2.75, 3.05) is 0 Å². The molecule has 4 nitrogen and oxygen atoms in total. The summed E-state index contributed by atoms with van der Waals surface area (Å²) in [5.74, 6) is -0.351. The molecule has 0 saturated carbocycles. The van der Waals surface area contributed by atoms with Gasteiger partial charge in [0.25, 0.3) is 0 Å². The van der Waals surface area contributed by atoms with E-state index in [1.54, 1.807) is 6.07 Å². The summed E-state index contributed by atoms with van der Waals surface area (Å²) >= 11 is 0. The van der Waals surface area contributed by atoms with Gasteiger partial charge in [-0.1, -0.05) is 0 Å². The summed E-state index contributed by atoms with van der Waals surface area (Å²) in [7, 11) is -5.66. The minimum atomic E-state index is -5.66. The van der Waals surface area contributed by atoms with Crippen molar-refractivity contribution >= 4 is 20.9 Å². The topological polar surface area (TPSA) is 56.3 Å². The van der Waals surface area contributed by atoms with Gasteiger partial charge < -0.3 is 4.18 Å². The number of nitrogens with zero attached hydrogens (tertiary/aromatic N) is 1. The zero-order valence-corrected chi connectivity index (χ0v) is 10.4. The van der Waals surface area contributed by atoms with E-state index in [1.165, 1.54) is 31.5 Å². The highest BCUT2D eigenvalue weighted by Gasteiger charge is 2.48. The molecule has 0 aliphatic rings. The van der Waals surface area contributed by atoms with Gasteiger partial charge in [-0.25, -0.2) is 0 Å². The summed E-state index contributed by atoms with van der Waals surface area (Å²) in [6.45, 7) is 1.48. The Balaban J connectivity index is 2.51. The lowest BCUT2D eigenvalue weighted by Gasteiger charge is -2.12. The molecule has 0 unspecified atom stereocenters. The third-order valence-corrected chi connectivity index (χ3v) is 3.49. The number of alkyl halides is 3. The van der Waals surface area contributed by atoms with Gasteiger partial charge in [0, 0.05) is 23.3 Å². The molecule has 102 valence electrons. The second kappa shape index (κ2) is 4.37. The zero-order valence-electron chi connectivity index (χ0n) is 9.60. The van der Waals surface area contributed by atoms with Crippen LogP contribution in [-0.2, 0) is 10.1 Å². The second-order valence-corrected chi connectivity index (χ2v) is 5.31. The van der Waals surface area contributed by atoms with Crippen molar-refractivity contribution in [3.05, 3.63) is 36.2 Å². The van der Waals surface area contributed by atoms with E-state index in [1.807, 2.05) is 0 Å². The molecule has 8 heteroatoms. The molecule has 0 fully saturated rings. The van der Waals surface area contributed by atoms with Crippen LogP contribution in [0.5, 0.6) is 5.75 Å². The van der Waals surface area contributed by atoms with Crippen LogP contribution >= 0.6 is 0 Å². The Morgan fingerprint density at radius 1 is 1.21 bits per heavy atom. The van der Waals surface area contributed by atoms with Crippen molar-refractivity contribution in [1.29, 1.82) is 0 Å². The summed E-state index contributed by atoms with van der Waals surface area (Å²) in [5.41, 5.74) is -5.15. The molecule has 0 saturated heterocycles. The predicted octanol–water partition coefficient (Wildman–Crippen LogP) is 2.77. The molecule has 0 aliphatic heterocycles. The van der Waals surface area contributed by atoms with Crippen molar-refractivity contribution < 1.29 is 25.8 Å². The minimum Gasteiger partial charge on any atom is -0.376 e. The number of hydrogen-bond donors (Lipinski definition) is 0. The maximum absolute atomic E-state index is 12.2. The average molecular weight is 291 g/mol. The van der Waals surface area contributed by atoms with Crippen LogP contribution in [0.1, 0.15) is 5.56 Å². The fraction of sp³-hybridized carbons (Fsp3) is 0.182. The van der Waals surface area contributed by atoms with Gasteiger partial charge in [-0.2, -0.15) is 21.6 Å². The lowest BCUT2D eigenvalue weighted by atomic mass is 10.1. The first-order valence-electron chi connectivity index (χ1n) is 5.06. The van der Waals surface area contributed by atoms with Gasteiger partial charge in [-0.3, -0.25) is 4.98 Å². The highest BCUT2D eigenvalue weighted by atomic mass is 32.2. The first kappa shape index (κ1) is 13.6. The van der Waals surface area contributed by atoms with Crippen LogP contribution in [0.25, 0.3) is 10.8 Å². The van der Waals surface area contributed by atoms with E-state index in [0.29, 0.717) is 16.3 Å². The molecule has 19 heavy (non-hydrogen) atoms. The molecule has 2 rings (SSSR count). The van der Waals surface area contributed by atoms with Crippen LogP contribution in [0, 0.1) is 6.92 Å². The number of pyridine rings is 1. The molecular formula is C11H8F3NO3S. The number of halogens is 3. The van der Waals surface area contributed by atoms with E-state index in [2.05, 4.69) is 9.17 Å². The normalized spacial score (nSPS) is 12.6. The number of benzene rings is 1. The third-order valence-electron chi connectivity index (χ3n) is 2.52. The Morgan fingerprint density at radius 3 is 2.53 bits per heavy atom. The first-order valence-corrected chi connectivity index (χ1v) is 6.47. The Labute approximate surface area is 107 Å². The average Bonchev–Trinajstić information content (AvgIpc) is 2.31. The first-order chi connectivity index (χ1) is 8.72. The number of rotatable bonds is 2. The summed E-state index contributed by atoms with van der Waals surface area (Å²) in [6, 6.07) is 4.18. The molecule has 0 aliphatic carbocycles. The quantitative estimate of drug-likeness (QED) is 0.630. The largest absolute Gasteiger partial charge is 0.534 e. The Morgan fingerprint density at radius 2 is 1.89 bits per heavy atom. The van der Waals surface area contributed by atoms with Crippen LogP contribution in [0.2, 0.25) is 0 Å². The third kappa shape index (κ3) is 2.48. The Kier molecular flexibility index (Phi) is 3.13. The number of hydrogen-bond acceptors (Lipinski definition) is 4. The molecule has 1 aromatic carbocycles. The molecule has 1 heterocycles. The van der Waals surface area contributed by atoms with Crippen molar-refractivity contribution in [2.45, 2.75) is 12.4 Å². The molecule has 1 aromatic heterocycles. The van der Waals surface area contributed by atoms with Gasteiger partial charge in [-0.05, 0) is 30.5 Å². The number of aryl methyl sites for hydroxylation is 1. The summed E-state index contributed by atoms with van der Waals surface area (Å²) in [5, 5.41) is 1.25. The van der Waals surface area contributed by atoms with Gasteiger partial charge in [0.15, 0.2) is 0 Å². The fourth-order valence-corrected chi connectivity index (χ4v) is 2.07. The van der Waals surface area contributed by atoms with Gasteiger partial charge in [0.1, 0.15) is 5.75 Å². The van der Waals surface area contributed by atoms with E-state index in [9.17, 15) is 21.6 Å². The summed E-state index contributed by atoms with van der Waals surface area (Å²) in [6.07, 6.45) is 2.97. The molecular weight excluding hydrogens is 283 g/mol. The highest BCUT2D eigenvalue weighted by molar-refractivity contribution is 7.88. The van der Waals surface area contributed by atoms with Crippen molar-refractivity contribution in [2.24, 2.45) is 0 Å². The number of fused-ring (bicyclic) bond motifs is 1. The zero-order chi connectivity index (χ0) is 14.3.